The lowest BCUT2D eigenvalue weighted by Crippen LogP contribution is -2.37. The maximum atomic E-state index is 12.6. The number of ether oxygens (including phenoxy) is 1. The zero-order chi connectivity index (χ0) is 19.4. The van der Waals surface area contributed by atoms with E-state index in [0.29, 0.717) is 28.8 Å². The van der Waals surface area contributed by atoms with Gasteiger partial charge in [-0.05, 0) is 54.7 Å². The molecule has 0 aromatic heterocycles. The third kappa shape index (κ3) is 4.88. The molecule has 144 valence electrons. The minimum Gasteiger partial charge on any atom is -0.479 e. The number of carbonyl (C=O) groups is 1. The highest BCUT2D eigenvalue weighted by atomic mass is 35.5. The van der Waals surface area contributed by atoms with Crippen molar-refractivity contribution >= 4 is 34.8 Å². The molecule has 0 spiro atoms. The second kappa shape index (κ2) is 8.85. The van der Waals surface area contributed by atoms with Gasteiger partial charge in [-0.2, -0.15) is 0 Å². The second-order valence-corrected chi connectivity index (χ2v) is 7.64. The average molecular weight is 407 g/mol. The van der Waals surface area contributed by atoms with Crippen LogP contribution >= 0.6 is 23.2 Å². The molecule has 1 unspecified atom stereocenters. The molecule has 1 aliphatic heterocycles. The molecule has 0 aliphatic carbocycles. The van der Waals surface area contributed by atoms with Crippen LogP contribution in [0.5, 0.6) is 5.75 Å². The summed E-state index contributed by atoms with van der Waals surface area (Å²) >= 11 is 12.0. The number of nitrogens with zero attached hydrogens (tertiary/aromatic N) is 1. The molecule has 1 aliphatic rings. The van der Waals surface area contributed by atoms with Crippen molar-refractivity contribution in [1.82, 2.24) is 5.32 Å². The molecule has 6 heteroatoms. The summed E-state index contributed by atoms with van der Waals surface area (Å²) in [6.45, 7) is 3.47. The van der Waals surface area contributed by atoms with Gasteiger partial charge in [-0.25, -0.2) is 0 Å². The van der Waals surface area contributed by atoms with E-state index >= 15 is 0 Å². The van der Waals surface area contributed by atoms with Gasteiger partial charge in [0.2, 0.25) is 0 Å². The number of hydrogen-bond donors (Lipinski definition) is 1. The summed E-state index contributed by atoms with van der Waals surface area (Å²) in [6.07, 6.45) is 2.18. The van der Waals surface area contributed by atoms with Crippen molar-refractivity contribution in [1.29, 1.82) is 0 Å². The van der Waals surface area contributed by atoms with Crippen LogP contribution in [0.4, 0.5) is 5.69 Å². The minimum atomic E-state index is -0.604. The van der Waals surface area contributed by atoms with Crippen LogP contribution < -0.4 is 15.0 Å². The number of nitrogens with one attached hydrogen (secondary N) is 1. The van der Waals surface area contributed by atoms with Gasteiger partial charge in [-0.1, -0.05) is 42.3 Å². The highest BCUT2D eigenvalue weighted by molar-refractivity contribution is 6.35. The zero-order valence-corrected chi connectivity index (χ0v) is 17.1. The molecule has 1 atom stereocenters. The van der Waals surface area contributed by atoms with Gasteiger partial charge in [0.25, 0.3) is 5.91 Å². The van der Waals surface area contributed by atoms with Gasteiger partial charge in [-0.15, -0.1) is 0 Å². The third-order valence-corrected chi connectivity index (χ3v) is 5.32. The van der Waals surface area contributed by atoms with Crippen LogP contribution in [-0.4, -0.2) is 25.6 Å². The number of fused-ring (bicyclic) bond motifs is 1. The molecule has 4 nitrogen and oxygen atoms in total. The van der Waals surface area contributed by atoms with Crippen molar-refractivity contribution < 1.29 is 9.53 Å². The Hall–Kier alpha value is -1.91. The van der Waals surface area contributed by atoms with E-state index in [2.05, 4.69) is 35.5 Å². The van der Waals surface area contributed by atoms with Crippen LogP contribution in [0.1, 0.15) is 30.9 Å². The number of aryl methyl sites for hydroxylation is 1. The molecule has 3 rings (SSSR count). The largest absolute Gasteiger partial charge is 0.479 e. The highest BCUT2D eigenvalue weighted by Gasteiger charge is 2.20. The van der Waals surface area contributed by atoms with Crippen molar-refractivity contribution in [3.8, 4) is 5.75 Å². The van der Waals surface area contributed by atoms with Crippen molar-refractivity contribution in [2.75, 3.05) is 18.5 Å². The summed E-state index contributed by atoms with van der Waals surface area (Å²) in [7, 11) is 2.12. The molecular formula is C21H24Cl2N2O2. The molecule has 0 saturated heterocycles. The third-order valence-electron chi connectivity index (χ3n) is 4.79. The first-order valence-corrected chi connectivity index (χ1v) is 9.96. The Morgan fingerprint density at radius 1 is 1.26 bits per heavy atom. The fourth-order valence-corrected chi connectivity index (χ4v) is 3.75. The fourth-order valence-electron chi connectivity index (χ4n) is 3.30. The molecule has 1 N–H and O–H groups in total. The molecule has 2 aromatic rings. The van der Waals surface area contributed by atoms with E-state index in [0.717, 1.165) is 24.9 Å². The van der Waals surface area contributed by atoms with Crippen LogP contribution in [0.2, 0.25) is 10.0 Å². The van der Waals surface area contributed by atoms with Crippen LogP contribution in [0.25, 0.3) is 0 Å². The molecule has 0 radical (unpaired) electrons. The van der Waals surface area contributed by atoms with E-state index in [-0.39, 0.29) is 5.91 Å². The molecule has 1 amide bonds. The normalized spacial score (nSPS) is 14.4. The zero-order valence-electron chi connectivity index (χ0n) is 15.6. The molecular weight excluding hydrogens is 383 g/mol. The molecule has 0 bridgehead atoms. The minimum absolute atomic E-state index is 0.154. The van der Waals surface area contributed by atoms with Gasteiger partial charge < -0.3 is 15.0 Å². The number of hydrogen-bond acceptors (Lipinski definition) is 3. The molecule has 0 saturated carbocycles. The van der Waals surface area contributed by atoms with E-state index in [1.165, 1.54) is 11.3 Å². The molecule has 2 aromatic carbocycles. The lowest BCUT2D eigenvalue weighted by atomic mass is 9.99. The first-order valence-electron chi connectivity index (χ1n) is 9.20. The summed E-state index contributed by atoms with van der Waals surface area (Å²) in [6, 6.07) is 11.4. The number of rotatable bonds is 6. The average Bonchev–Trinajstić information content (AvgIpc) is 2.65. The monoisotopic (exact) mass is 406 g/mol. The summed E-state index contributed by atoms with van der Waals surface area (Å²) in [5, 5.41) is 3.90. The van der Waals surface area contributed by atoms with Gasteiger partial charge in [-0.3, -0.25) is 4.79 Å². The second-order valence-electron chi connectivity index (χ2n) is 6.80. The molecule has 27 heavy (non-hydrogen) atoms. The van der Waals surface area contributed by atoms with E-state index in [1.54, 1.807) is 18.2 Å². The Morgan fingerprint density at radius 3 is 2.81 bits per heavy atom. The Bertz CT molecular complexity index is 826. The SMILES string of the molecule is CCC(Oc1ccc(Cl)cc1Cl)C(=O)NCc1ccc2c(c1)CCCN2C. The predicted octanol–water partition coefficient (Wildman–Crippen LogP) is 4.85. The van der Waals surface area contributed by atoms with Gasteiger partial charge in [0.05, 0.1) is 5.02 Å². The molecule has 0 fully saturated rings. The highest BCUT2D eigenvalue weighted by Crippen LogP contribution is 2.29. The van der Waals surface area contributed by atoms with Crippen molar-refractivity contribution in [2.24, 2.45) is 0 Å². The van der Waals surface area contributed by atoms with Crippen LogP contribution in [0, 0.1) is 0 Å². The van der Waals surface area contributed by atoms with E-state index in [1.807, 2.05) is 6.92 Å². The van der Waals surface area contributed by atoms with E-state index in [9.17, 15) is 4.79 Å². The number of amides is 1. The summed E-state index contributed by atoms with van der Waals surface area (Å²) in [4.78, 5) is 14.8. The molecule has 1 heterocycles. The van der Waals surface area contributed by atoms with Gasteiger partial charge >= 0.3 is 0 Å². The maximum absolute atomic E-state index is 12.6. The number of anilines is 1. The van der Waals surface area contributed by atoms with Gasteiger partial charge in [0.1, 0.15) is 5.75 Å². The van der Waals surface area contributed by atoms with E-state index in [4.69, 9.17) is 27.9 Å². The standard InChI is InChI=1S/C21H24Cl2N2O2/c1-3-19(27-20-9-7-16(22)12-17(20)23)21(26)24-13-14-6-8-18-15(11-14)5-4-10-25(18)2/h6-9,11-12,19H,3-5,10,13H2,1-2H3,(H,24,26). The van der Waals surface area contributed by atoms with E-state index < -0.39 is 6.10 Å². The fraction of sp³-hybridized carbons (Fsp3) is 0.381. The van der Waals surface area contributed by atoms with Gasteiger partial charge in [0.15, 0.2) is 6.10 Å². The van der Waals surface area contributed by atoms with Crippen molar-refractivity contribution in [2.45, 2.75) is 38.8 Å². The van der Waals surface area contributed by atoms with Crippen molar-refractivity contribution in [3.05, 3.63) is 57.6 Å². The lowest BCUT2D eigenvalue weighted by Gasteiger charge is -2.28. The Balaban J connectivity index is 1.62. The van der Waals surface area contributed by atoms with Crippen LogP contribution in [0.3, 0.4) is 0 Å². The lowest BCUT2D eigenvalue weighted by molar-refractivity contribution is -0.128. The first kappa shape index (κ1) is 19.8. The number of benzene rings is 2. The maximum Gasteiger partial charge on any atom is 0.261 e. The number of halogens is 2. The summed E-state index contributed by atoms with van der Waals surface area (Å²) in [5.74, 6) is 0.304. The topological polar surface area (TPSA) is 41.6 Å². The van der Waals surface area contributed by atoms with Crippen LogP contribution in [0.15, 0.2) is 36.4 Å². The van der Waals surface area contributed by atoms with Crippen LogP contribution in [-0.2, 0) is 17.8 Å². The van der Waals surface area contributed by atoms with Gasteiger partial charge in [0, 0.05) is 30.8 Å². The summed E-state index contributed by atoms with van der Waals surface area (Å²) in [5.41, 5.74) is 3.71. The predicted molar refractivity (Wildman–Crippen MR) is 111 cm³/mol. The quantitative estimate of drug-likeness (QED) is 0.745. The number of carbonyl (C=O) groups excluding carboxylic acids is 1. The summed E-state index contributed by atoms with van der Waals surface area (Å²) < 4.78 is 5.79. The Kier molecular flexibility index (Phi) is 6.51. The Labute approximate surface area is 170 Å². The van der Waals surface area contributed by atoms with Crippen molar-refractivity contribution in [3.63, 3.8) is 0 Å². The first-order chi connectivity index (χ1) is 13.0. The Morgan fingerprint density at radius 2 is 2.07 bits per heavy atom. The smallest absolute Gasteiger partial charge is 0.261 e.